The summed E-state index contributed by atoms with van der Waals surface area (Å²) in [6.07, 6.45) is 0. The highest BCUT2D eigenvalue weighted by Crippen LogP contribution is 2.34. The topological polar surface area (TPSA) is 79.8 Å². The molecule has 0 unspecified atom stereocenters. The van der Waals surface area contributed by atoms with Crippen molar-refractivity contribution in [2.45, 2.75) is 0 Å². The average molecular weight is 401 g/mol. The van der Waals surface area contributed by atoms with E-state index in [4.69, 9.17) is 44.9 Å². The van der Waals surface area contributed by atoms with Gasteiger partial charge in [0.1, 0.15) is 17.1 Å². The minimum Gasteiger partial charge on any atom is -0.505 e. The van der Waals surface area contributed by atoms with Crippen LogP contribution in [-0.2, 0) is 0 Å². The van der Waals surface area contributed by atoms with E-state index >= 15 is 0 Å². The first-order valence-corrected chi connectivity index (χ1v) is 8.05. The van der Waals surface area contributed by atoms with Crippen molar-refractivity contribution in [3.8, 4) is 17.2 Å². The fraction of sp³-hybridized carbons (Fsp3) is 0.125. The minimum absolute atomic E-state index is 0.00998. The number of hydrogen-bond acceptors (Lipinski definition) is 5. The van der Waals surface area contributed by atoms with E-state index in [0.29, 0.717) is 17.2 Å². The van der Waals surface area contributed by atoms with Crippen molar-refractivity contribution in [1.29, 1.82) is 0 Å². The number of phenols is 1. The Kier molecular flexibility index (Phi) is 6.30. The van der Waals surface area contributed by atoms with Crippen molar-refractivity contribution in [3.63, 3.8) is 0 Å². The van der Waals surface area contributed by atoms with Crippen LogP contribution in [0.5, 0.6) is 17.2 Å². The third-order valence-corrected chi connectivity index (χ3v) is 3.94. The van der Waals surface area contributed by atoms with Crippen LogP contribution < -0.4 is 20.1 Å². The summed E-state index contributed by atoms with van der Waals surface area (Å²) in [6, 6.07) is 7.81. The number of benzene rings is 2. The molecule has 0 spiro atoms. The predicted molar refractivity (Wildman–Crippen MR) is 101 cm³/mol. The Morgan fingerprint density at radius 1 is 1.12 bits per heavy atom. The fourth-order valence-electron chi connectivity index (χ4n) is 2.04. The molecule has 2 aromatic carbocycles. The van der Waals surface area contributed by atoms with Gasteiger partial charge in [-0.05, 0) is 36.5 Å². The van der Waals surface area contributed by atoms with E-state index in [9.17, 15) is 9.90 Å². The van der Waals surface area contributed by atoms with Gasteiger partial charge in [-0.25, -0.2) is 0 Å². The molecule has 132 valence electrons. The van der Waals surface area contributed by atoms with Gasteiger partial charge in [0.15, 0.2) is 10.9 Å². The molecule has 0 bridgehead atoms. The number of carbonyl (C=O) groups excluding carboxylic acids is 1. The zero-order valence-electron chi connectivity index (χ0n) is 13.2. The minimum atomic E-state index is -0.511. The Bertz CT molecular complexity index is 785. The Morgan fingerprint density at radius 2 is 1.64 bits per heavy atom. The standard InChI is InChI=1S/C16H14Cl2N2O4S/c1-23-11-4-3-5-12(24-2)13(11)15(22)20-16(25)19-8-6-9(17)14(21)10(18)7-8/h3-7,21H,1-2H3,(H2,19,20,22,25). The van der Waals surface area contributed by atoms with Crippen molar-refractivity contribution < 1.29 is 19.4 Å². The van der Waals surface area contributed by atoms with Gasteiger partial charge in [-0.3, -0.25) is 10.1 Å². The van der Waals surface area contributed by atoms with Crippen LogP contribution in [0.3, 0.4) is 0 Å². The van der Waals surface area contributed by atoms with E-state index in [1.807, 2.05) is 0 Å². The molecule has 3 N–H and O–H groups in total. The number of hydrogen-bond donors (Lipinski definition) is 3. The van der Waals surface area contributed by atoms with Crippen LogP contribution in [0, 0.1) is 0 Å². The molecule has 0 aliphatic rings. The summed E-state index contributed by atoms with van der Waals surface area (Å²) < 4.78 is 10.4. The molecule has 0 aromatic heterocycles. The van der Waals surface area contributed by atoms with Crippen LogP contribution >= 0.6 is 35.4 Å². The molecule has 0 radical (unpaired) electrons. The zero-order chi connectivity index (χ0) is 18.6. The Hall–Kier alpha value is -2.22. The number of phenolic OH excluding ortho intramolecular Hbond substituents is 1. The first kappa shape index (κ1) is 19.1. The number of nitrogens with one attached hydrogen (secondary N) is 2. The maximum absolute atomic E-state index is 12.5. The molecule has 0 heterocycles. The lowest BCUT2D eigenvalue weighted by Crippen LogP contribution is -2.34. The first-order chi connectivity index (χ1) is 11.9. The summed E-state index contributed by atoms with van der Waals surface area (Å²) in [5.74, 6) is -0.0592. The summed E-state index contributed by atoms with van der Waals surface area (Å²) in [5, 5.41) is 14.9. The number of thiocarbonyl (C=S) groups is 1. The van der Waals surface area contributed by atoms with E-state index < -0.39 is 5.91 Å². The largest absolute Gasteiger partial charge is 0.505 e. The maximum atomic E-state index is 12.5. The van der Waals surface area contributed by atoms with Crippen LogP contribution in [0.2, 0.25) is 10.0 Å². The number of amides is 1. The van der Waals surface area contributed by atoms with Crippen molar-refractivity contribution in [2.24, 2.45) is 0 Å². The molecule has 6 nitrogen and oxygen atoms in total. The second kappa shape index (κ2) is 8.24. The molecule has 0 aliphatic carbocycles. The molecule has 2 aromatic rings. The van der Waals surface area contributed by atoms with Crippen LogP contribution in [0.1, 0.15) is 10.4 Å². The van der Waals surface area contributed by atoms with Gasteiger partial charge in [0, 0.05) is 5.69 Å². The van der Waals surface area contributed by atoms with Gasteiger partial charge in [-0.15, -0.1) is 0 Å². The fourth-order valence-corrected chi connectivity index (χ4v) is 2.74. The number of carbonyl (C=O) groups is 1. The number of methoxy groups -OCH3 is 2. The monoisotopic (exact) mass is 400 g/mol. The molecule has 0 fully saturated rings. The second-order valence-corrected chi connectivity index (χ2v) is 5.96. The van der Waals surface area contributed by atoms with Crippen molar-refractivity contribution >= 4 is 52.1 Å². The number of anilines is 1. The summed E-state index contributed by atoms with van der Waals surface area (Å²) in [7, 11) is 2.89. The lowest BCUT2D eigenvalue weighted by Gasteiger charge is -2.14. The van der Waals surface area contributed by atoms with E-state index in [1.165, 1.54) is 26.4 Å². The van der Waals surface area contributed by atoms with Crippen LogP contribution in [0.15, 0.2) is 30.3 Å². The van der Waals surface area contributed by atoms with Crippen LogP contribution in [-0.4, -0.2) is 30.3 Å². The highest BCUT2D eigenvalue weighted by molar-refractivity contribution is 7.80. The SMILES string of the molecule is COc1cccc(OC)c1C(=O)NC(=S)Nc1cc(Cl)c(O)c(Cl)c1. The molecule has 0 aliphatic heterocycles. The van der Waals surface area contributed by atoms with E-state index in [2.05, 4.69) is 10.6 Å². The molecule has 0 saturated carbocycles. The first-order valence-electron chi connectivity index (χ1n) is 6.88. The van der Waals surface area contributed by atoms with Gasteiger partial charge in [-0.1, -0.05) is 29.3 Å². The summed E-state index contributed by atoms with van der Waals surface area (Å²) in [5.41, 5.74) is 0.614. The van der Waals surface area contributed by atoms with Crippen LogP contribution in [0.25, 0.3) is 0 Å². The molecule has 1 amide bonds. The molecule has 2 rings (SSSR count). The van der Waals surface area contributed by atoms with Gasteiger partial charge in [-0.2, -0.15) is 0 Å². The highest BCUT2D eigenvalue weighted by Gasteiger charge is 2.19. The van der Waals surface area contributed by atoms with Crippen molar-refractivity contribution in [3.05, 3.63) is 45.9 Å². The lowest BCUT2D eigenvalue weighted by atomic mass is 10.1. The summed E-state index contributed by atoms with van der Waals surface area (Å²) in [4.78, 5) is 12.5. The third-order valence-electron chi connectivity index (χ3n) is 3.16. The lowest BCUT2D eigenvalue weighted by molar-refractivity contribution is 0.0971. The number of ether oxygens (including phenoxy) is 2. The van der Waals surface area contributed by atoms with Gasteiger partial charge >= 0.3 is 0 Å². The number of rotatable bonds is 4. The normalized spacial score (nSPS) is 10.1. The third kappa shape index (κ3) is 4.45. The molecule has 0 saturated heterocycles. The van der Waals surface area contributed by atoms with E-state index in [-0.39, 0.29) is 26.5 Å². The Balaban J connectivity index is 2.18. The second-order valence-electron chi connectivity index (χ2n) is 4.73. The Labute approximate surface area is 159 Å². The van der Waals surface area contributed by atoms with Gasteiger partial charge in [0.25, 0.3) is 5.91 Å². The van der Waals surface area contributed by atoms with E-state index in [1.54, 1.807) is 18.2 Å². The maximum Gasteiger partial charge on any atom is 0.264 e. The smallest absolute Gasteiger partial charge is 0.264 e. The van der Waals surface area contributed by atoms with Crippen molar-refractivity contribution in [2.75, 3.05) is 19.5 Å². The molecule has 0 atom stereocenters. The zero-order valence-corrected chi connectivity index (χ0v) is 15.6. The van der Waals surface area contributed by atoms with E-state index in [0.717, 1.165) is 0 Å². The number of halogens is 2. The molecular weight excluding hydrogens is 387 g/mol. The summed E-state index contributed by atoms with van der Waals surface area (Å²) in [6.45, 7) is 0. The average Bonchev–Trinajstić information content (AvgIpc) is 2.58. The van der Waals surface area contributed by atoms with Gasteiger partial charge in [0.05, 0.1) is 24.3 Å². The quantitative estimate of drug-likeness (QED) is 0.534. The summed E-state index contributed by atoms with van der Waals surface area (Å²) >= 11 is 16.8. The highest BCUT2D eigenvalue weighted by atomic mass is 35.5. The van der Waals surface area contributed by atoms with Crippen molar-refractivity contribution in [1.82, 2.24) is 5.32 Å². The Morgan fingerprint density at radius 3 is 2.12 bits per heavy atom. The predicted octanol–water partition coefficient (Wildman–Crippen LogP) is 3.84. The van der Waals surface area contributed by atoms with Gasteiger partial charge < -0.3 is 19.9 Å². The molecular formula is C16H14Cl2N2O4S. The molecule has 9 heteroatoms. The van der Waals surface area contributed by atoms with Crippen LogP contribution in [0.4, 0.5) is 5.69 Å². The number of aromatic hydroxyl groups is 1. The van der Waals surface area contributed by atoms with Gasteiger partial charge in [0.2, 0.25) is 0 Å². The molecule has 25 heavy (non-hydrogen) atoms.